The van der Waals surface area contributed by atoms with Crippen molar-refractivity contribution in [3.8, 4) is 0 Å². The standard InChI is InChI=1S/C18H22N4O2/c1-12-2-5-16-19-10-15(18(24)22(16)11-12)17(23)20-13-6-8-21(9-7-13)14-3-4-14/h2,5,10-11,13-14H,3-4,6-9H2,1H3,(H,20,23). The van der Waals surface area contributed by atoms with Crippen LogP contribution in [-0.4, -0.2) is 45.4 Å². The van der Waals surface area contributed by atoms with Gasteiger partial charge >= 0.3 is 0 Å². The number of fused-ring (bicyclic) bond motifs is 1. The average molecular weight is 326 g/mol. The maximum Gasteiger partial charge on any atom is 0.270 e. The summed E-state index contributed by atoms with van der Waals surface area (Å²) in [5.41, 5.74) is 1.32. The van der Waals surface area contributed by atoms with Crippen molar-refractivity contribution in [3.63, 3.8) is 0 Å². The summed E-state index contributed by atoms with van der Waals surface area (Å²) in [6, 6.07) is 4.60. The SMILES string of the molecule is Cc1ccc2ncc(C(=O)NC3CCN(C4CC4)CC3)c(=O)n2c1. The summed E-state index contributed by atoms with van der Waals surface area (Å²) in [5, 5.41) is 3.02. The lowest BCUT2D eigenvalue weighted by atomic mass is 10.0. The van der Waals surface area contributed by atoms with Crippen LogP contribution in [0.15, 0.2) is 29.3 Å². The first kappa shape index (κ1) is 15.3. The van der Waals surface area contributed by atoms with E-state index in [1.165, 1.54) is 23.4 Å². The van der Waals surface area contributed by atoms with Crippen LogP contribution in [0.2, 0.25) is 0 Å². The van der Waals surface area contributed by atoms with Crippen LogP contribution in [0.1, 0.15) is 41.6 Å². The Bertz CT molecular complexity index is 833. The number of rotatable bonds is 3. The van der Waals surface area contributed by atoms with Gasteiger partial charge in [0.05, 0.1) is 0 Å². The molecule has 2 aromatic rings. The summed E-state index contributed by atoms with van der Waals surface area (Å²) in [7, 11) is 0. The molecule has 1 aliphatic carbocycles. The van der Waals surface area contributed by atoms with E-state index in [4.69, 9.17) is 0 Å². The minimum Gasteiger partial charge on any atom is -0.349 e. The molecule has 0 spiro atoms. The lowest BCUT2D eigenvalue weighted by Crippen LogP contribution is -2.46. The Hall–Kier alpha value is -2.21. The lowest BCUT2D eigenvalue weighted by molar-refractivity contribution is 0.0907. The minimum atomic E-state index is -0.312. The van der Waals surface area contributed by atoms with Gasteiger partial charge in [-0.3, -0.25) is 14.0 Å². The molecule has 1 saturated carbocycles. The molecule has 3 heterocycles. The maximum atomic E-state index is 12.6. The van der Waals surface area contributed by atoms with Gasteiger partial charge in [0.2, 0.25) is 0 Å². The van der Waals surface area contributed by atoms with Gasteiger partial charge < -0.3 is 10.2 Å². The highest BCUT2D eigenvalue weighted by Crippen LogP contribution is 2.29. The van der Waals surface area contributed by atoms with Gasteiger partial charge in [-0.1, -0.05) is 6.07 Å². The molecule has 1 amide bonds. The Kier molecular flexibility index (Phi) is 3.84. The molecular formula is C18H22N4O2. The van der Waals surface area contributed by atoms with Crippen LogP contribution in [0.5, 0.6) is 0 Å². The highest BCUT2D eigenvalue weighted by molar-refractivity contribution is 5.93. The summed E-state index contributed by atoms with van der Waals surface area (Å²) < 4.78 is 1.44. The van der Waals surface area contributed by atoms with Gasteiger partial charge in [-0.2, -0.15) is 0 Å². The zero-order chi connectivity index (χ0) is 16.7. The fourth-order valence-electron chi connectivity index (χ4n) is 3.45. The molecule has 24 heavy (non-hydrogen) atoms. The molecule has 6 heteroatoms. The van der Waals surface area contributed by atoms with E-state index >= 15 is 0 Å². The molecule has 6 nitrogen and oxygen atoms in total. The minimum absolute atomic E-state index is 0.114. The molecule has 2 fully saturated rings. The van der Waals surface area contributed by atoms with E-state index in [0.29, 0.717) is 5.65 Å². The van der Waals surface area contributed by atoms with E-state index in [2.05, 4.69) is 15.2 Å². The highest BCUT2D eigenvalue weighted by Gasteiger charge is 2.32. The molecule has 0 bridgehead atoms. The largest absolute Gasteiger partial charge is 0.349 e. The Morgan fingerprint density at radius 2 is 1.96 bits per heavy atom. The Balaban J connectivity index is 1.49. The van der Waals surface area contributed by atoms with Crippen LogP contribution in [0, 0.1) is 6.92 Å². The van der Waals surface area contributed by atoms with Crippen LogP contribution >= 0.6 is 0 Å². The molecule has 0 unspecified atom stereocenters. The van der Waals surface area contributed by atoms with Crippen molar-refractivity contribution in [2.75, 3.05) is 13.1 Å². The number of piperidine rings is 1. The Morgan fingerprint density at radius 3 is 2.67 bits per heavy atom. The van der Waals surface area contributed by atoms with E-state index in [1.54, 1.807) is 12.3 Å². The number of aryl methyl sites for hydroxylation is 1. The summed E-state index contributed by atoms with van der Waals surface area (Å²) in [6.45, 7) is 3.97. The van der Waals surface area contributed by atoms with Crippen molar-refractivity contribution in [3.05, 3.63) is 46.0 Å². The number of nitrogens with zero attached hydrogens (tertiary/aromatic N) is 3. The number of amides is 1. The molecule has 2 aromatic heterocycles. The van der Waals surface area contributed by atoms with Crippen molar-refractivity contribution >= 4 is 11.6 Å². The number of nitrogens with one attached hydrogen (secondary N) is 1. The third-order valence-corrected chi connectivity index (χ3v) is 5.02. The van der Waals surface area contributed by atoms with Crippen LogP contribution in [0.4, 0.5) is 0 Å². The number of pyridine rings is 1. The van der Waals surface area contributed by atoms with Gasteiger partial charge in [-0.25, -0.2) is 4.98 Å². The number of likely N-dealkylation sites (tertiary alicyclic amines) is 1. The average Bonchev–Trinajstić information content (AvgIpc) is 3.41. The van der Waals surface area contributed by atoms with Crippen molar-refractivity contribution in [2.24, 2.45) is 0 Å². The Morgan fingerprint density at radius 1 is 1.21 bits per heavy atom. The first-order chi connectivity index (χ1) is 11.6. The van der Waals surface area contributed by atoms with Crippen LogP contribution in [0.3, 0.4) is 0 Å². The van der Waals surface area contributed by atoms with Gasteiger partial charge in [-0.05, 0) is 44.2 Å². The van der Waals surface area contributed by atoms with Crippen molar-refractivity contribution < 1.29 is 4.79 Å². The summed E-state index contributed by atoms with van der Waals surface area (Å²) in [5.74, 6) is -0.312. The van der Waals surface area contributed by atoms with E-state index in [-0.39, 0.29) is 23.1 Å². The molecule has 126 valence electrons. The first-order valence-corrected chi connectivity index (χ1v) is 8.65. The summed E-state index contributed by atoms with van der Waals surface area (Å²) >= 11 is 0. The second-order valence-electron chi connectivity index (χ2n) is 6.93. The van der Waals surface area contributed by atoms with E-state index in [9.17, 15) is 9.59 Å². The van der Waals surface area contributed by atoms with Crippen molar-refractivity contribution in [1.82, 2.24) is 19.6 Å². The summed E-state index contributed by atoms with van der Waals surface area (Å²) in [4.78, 5) is 31.8. The fraction of sp³-hybridized carbons (Fsp3) is 0.500. The number of hydrogen-bond acceptors (Lipinski definition) is 4. The third-order valence-electron chi connectivity index (χ3n) is 5.02. The smallest absolute Gasteiger partial charge is 0.270 e. The zero-order valence-electron chi connectivity index (χ0n) is 13.9. The molecule has 0 atom stereocenters. The van der Waals surface area contributed by atoms with Gasteiger partial charge in [0.15, 0.2) is 0 Å². The zero-order valence-corrected chi connectivity index (χ0v) is 13.9. The maximum absolute atomic E-state index is 12.6. The topological polar surface area (TPSA) is 66.7 Å². The molecule has 4 rings (SSSR count). The molecule has 1 saturated heterocycles. The van der Waals surface area contributed by atoms with Gasteiger partial charge in [0.25, 0.3) is 11.5 Å². The molecular weight excluding hydrogens is 304 g/mol. The quantitative estimate of drug-likeness (QED) is 0.925. The van der Waals surface area contributed by atoms with Crippen molar-refractivity contribution in [1.29, 1.82) is 0 Å². The Labute approximate surface area is 140 Å². The van der Waals surface area contributed by atoms with Gasteiger partial charge in [-0.15, -0.1) is 0 Å². The molecule has 0 aromatic carbocycles. The van der Waals surface area contributed by atoms with E-state index in [0.717, 1.165) is 37.5 Å². The second-order valence-corrected chi connectivity index (χ2v) is 6.93. The molecule has 0 radical (unpaired) electrons. The first-order valence-electron chi connectivity index (χ1n) is 8.65. The molecule has 1 N–H and O–H groups in total. The number of hydrogen-bond donors (Lipinski definition) is 1. The monoisotopic (exact) mass is 326 g/mol. The van der Waals surface area contributed by atoms with Gasteiger partial charge in [0.1, 0.15) is 11.2 Å². The van der Waals surface area contributed by atoms with Crippen LogP contribution < -0.4 is 10.9 Å². The number of aromatic nitrogens is 2. The number of carbonyl (C=O) groups excluding carboxylic acids is 1. The van der Waals surface area contributed by atoms with Gasteiger partial charge in [0, 0.05) is 37.6 Å². The molecule has 2 aliphatic rings. The second kappa shape index (κ2) is 6.02. The predicted molar refractivity (Wildman–Crippen MR) is 91.3 cm³/mol. The normalized spacial score (nSPS) is 19.5. The number of carbonyl (C=O) groups is 1. The van der Waals surface area contributed by atoms with Crippen molar-refractivity contribution in [2.45, 2.75) is 44.7 Å². The summed E-state index contributed by atoms with van der Waals surface area (Å²) in [6.07, 6.45) is 7.64. The van der Waals surface area contributed by atoms with Crippen LogP contribution in [0.25, 0.3) is 5.65 Å². The fourth-order valence-corrected chi connectivity index (χ4v) is 3.45. The van der Waals surface area contributed by atoms with E-state index < -0.39 is 0 Å². The predicted octanol–water partition coefficient (Wildman–Crippen LogP) is 1.36. The lowest BCUT2D eigenvalue weighted by Gasteiger charge is -2.32. The van der Waals surface area contributed by atoms with E-state index in [1.807, 2.05) is 13.0 Å². The molecule has 1 aliphatic heterocycles. The van der Waals surface area contributed by atoms with Crippen LogP contribution in [-0.2, 0) is 0 Å². The highest BCUT2D eigenvalue weighted by atomic mass is 16.2. The third kappa shape index (κ3) is 2.94.